The molecule has 0 bridgehead atoms. The van der Waals surface area contributed by atoms with Crippen molar-refractivity contribution in [2.45, 2.75) is 25.8 Å². The maximum atomic E-state index is 6.11. The molecule has 0 fully saturated rings. The zero-order valence-electron chi connectivity index (χ0n) is 8.51. The second-order valence-corrected chi connectivity index (χ2v) is 4.15. The fourth-order valence-electron chi connectivity index (χ4n) is 1.47. The van der Waals surface area contributed by atoms with Gasteiger partial charge in [-0.2, -0.15) is 0 Å². The summed E-state index contributed by atoms with van der Waals surface area (Å²) in [7, 11) is 0. The van der Waals surface area contributed by atoms with E-state index in [1.54, 1.807) is 12.5 Å². The molecule has 0 aliphatic heterocycles. The number of rotatable bonds is 4. The lowest BCUT2D eigenvalue weighted by Crippen LogP contribution is -2.11. The van der Waals surface area contributed by atoms with E-state index in [-0.39, 0.29) is 6.04 Å². The van der Waals surface area contributed by atoms with Crippen molar-refractivity contribution < 1.29 is 4.42 Å². The van der Waals surface area contributed by atoms with Crippen molar-refractivity contribution in [1.29, 1.82) is 0 Å². The molecule has 0 radical (unpaired) electrons. The number of nitrogens with two attached hydrogens (primary N) is 1. The summed E-state index contributed by atoms with van der Waals surface area (Å²) in [6.07, 6.45) is 5.27. The molecular weight excluding hydrogens is 210 g/mol. The van der Waals surface area contributed by atoms with Crippen LogP contribution in [0.1, 0.15) is 35.5 Å². The Labute approximate surface area is 92.3 Å². The molecule has 5 heteroatoms. The number of aryl methyl sites for hydroxylation is 1. The van der Waals surface area contributed by atoms with Crippen LogP contribution >= 0.6 is 11.5 Å². The summed E-state index contributed by atoms with van der Waals surface area (Å²) in [5.74, 6) is 0. The van der Waals surface area contributed by atoms with Gasteiger partial charge in [-0.25, -0.2) is 0 Å². The van der Waals surface area contributed by atoms with Crippen molar-refractivity contribution in [3.8, 4) is 0 Å². The minimum absolute atomic E-state index is 0.162. The van der Waals surface area contributed by atoms with E-state index < -0.39 is 0 Å². The monoisotopic (exact) mass is 223 g/mol. The highest BCUT2D eigenvalue weighted by molar-refractivity contribution is 7.05. The summed E-state index contributed by atoms with van der Waals surface area (Å²) >= 11 is 1.37. The van der Waals surface area contributed by atoms with Crippen LogP contribution in [0.5, 0.6) is 0 Å². The molecule has 4 nitrogen and oxygen atoms in total. The molecule has 1 unspecified atom stereocenters. The Morgan fingerprint density at radius 3 is 3.13 bits per heavy atom. The molecule has 0 aromatic carbocycles. The molecule has 80 valence electrons. The van der Waals surface area contributed by atoms with Gasteiger partial charge in [-0.3, -0.25) is 0 Å². The van der Waals surface area contributed by atoms with Gasteiger partial charge in [0.2, 0.25) is 0 Å². The third-order valence-electron chi connectivity index (χ3n) is 2.26. The minimum atomic E-state index is -0.162. The van der Waals surface area contributed by atoms with Gasteiger partial charge < -0.3 is 10.2 Å². The van der Waals surface area contributed by atoms with Crippen LogP contribution < -0.4 is 5.73 Å². The summed E-state index contributed by atoms with van der Waals surface area (Å²) in [6.45, 7) is 2.12. The number of hydrogen-bond donors (Lipinski definition) is 1. The van der Waals surface area contributed by atoms with Crippen molar-refractivity contribution >= 4 is 11.5 Å². The molecule has 2 heterocycles. The van der Waals surface area contributed by atoms with E-state index in [2.05, 4.69) is 16.5 Å². The summed E-state index contributed by atoms with van der Waals surface area (Å²) in [6, 6.07) is 1.71. The van der Waals surface area contributed by atoms with Gasteiger partial charge in [-0.15, -0.1) is 5.10 Å². The molecule has 15 heavy (non-hydrogen) atoms. The SMILES string of the molecule is CCCc1nnsc1C(N)c1ccoc1. The van der Waals surface area contributed by atoms with E-state index in [4.69, 9.17) is 10.2 Å². The summed E-state index contributed by atoms with van der Waals surface area (Å²) in [4.78, 5) is 1.04. The van der Waals surface area contributed by atoms with Crippen LogP contribution in [0.25, 0.3) is 0 Å². The normalized spacial score (nSPS) is 12.9. The Hall–Kier alpha value is -1.20. The first-order chi connectivity index (χ1) is 7.33. The van der Waals surface area contributed by atoms with Crippen LogP contribution in [0.4, 0.5) is 0 Å². The van der Waals surface area contributed by atoms with Crippen molar-refractivity contribution in [1.82, 2.24) is 9.59 Å². The van der Waals surface area contributed by atoms with Crippen LogP contribution in [0.3, 0.4) is 0 Å². The Morgan fingerprint density at radius 2 is 2.47 bits per heavy atom. The van der Waals surface area contributed by atoms with Crippen LogP contribution in [0.15, 0.2) is 23.0 Å². The maximum absolute atomic E-state index is 6.11. The lowest BCUT2D eigenvalue weighted by atomic mass is 10.1. The molecule has 2 aromatic heterocycles. The third-order valence-corrected chi connectivity index (χ3v) is 3.11. The highest BCUT2D eigenvalue weighted by atomic mass is 32.1. The van der Waals surface area contributed by atoms with Crippen molar-refractivity contribution in [2.24, 2.45) is 5.73 Å². The standard InChI is InChI=1S/C10H13N3OS/c1-2-3-8-10(15-13-12-8)9(11)7-4-5-14-6-7/h4-6,9H,2-3,11H2,1H3. The zero-order chi connectivity index (χ0) is 10.7. The first kappa shape index (κ1) is 10.3. The molecule has 0 amide bonds. The van der Waals surface area contributed by atoms with Crippen molar-refractivity contribution in [3.63, 3.8) is 0 Å². The van der Waals surface area contributed by atoms with Gasteiger partial charge in [0, 0.05) is 5.56 Å². The summed E-state index contributed by atoms with van der Waals surface area (Å²) in [5, 5.41) is 4.09. The van der Waals surface area contributed by atoms with E-state index in [1.165, 1.54) is 11.5 Å². The number of furan rings is 1. The van der Waals surface area contributed by atoms with Crippen LogP contribution in [0, 0.1) is 0 Å². The van der Waals surface area contributed by atoms with E-state index in [0.29, 0.717) is 0 Å². The van der Waals surface area contributed by atoms with E-state index in [0.717, 1.165) is 29.0 Å². The van der Waals surface area contributed by atoms with Gasteiger partial charge in [0.1, 0.15) is 0 Å². The summed E-state index contributed by atoms with van der Waals surface area (Å²) in [5.41, 5.74) is 8.09. The van der Waals surface area contributed by atoms with E-state index in [1.807, 2.05) is 6.07 Å². The second-order valence-electron chi connectivity index (χ2n) is 3.37. The molecule has 0 saturated heterocycles. The summed E-state index contributed by atoms with van der Waals surface area (Å²) < 4.78 is 8.97. The second kappa shape index (κ2) is 4.55. The quantitative estimate of drug-likeness (QED) is 0.862. The molecule has 2 aromatic rings. The lowest BCUT2D eigenvalue weighted by molar-refractivity contribution is 0.562. The molecule has 0 saturated carbocycles. The van der Waals surface area contributed by atoms with Gasteiger partial charge in [0.05, 0.1) is 29.1 Å². The highest BCUT2D eigenvalue weighted by Gasteiger charge is 2.17. The smallest absolute Gasteiger partial charge is 0.0954 e. The first-order valence-corrected chi connectivity index (χ1v) is 5.69. The number of hydrogen-bond acceptors (Lipinski definition) is 5. The lowest BCUT2D eigenvalue weighted by Gasteiger charge is -2.07. The van der Waals surface area contributed by atoms with Crippen molar-refractivity contribution in [2.75, 3.05) is 0 Å². The minimum Gasteiger partial charge on any atom is -0.472 e. The van der Waals surface area contributed by atoms with Gasteiger partial charge in [0.25, 0.3) is 0 Å². The fraction of sp³-hybridized carbons (Fsp3) is 0.400. The Bertz CT molecular complexity index is 410. The van der Waals surface area contributed by atoms with Crippen molar-refractivity contribution in [3.05, 3.63) is 34.7 Å². The maximum Gasteiger partial charge on any atom is 0.0954 e. The third kappa shape index (κ3) is 2.08. The number of aromatic nitrogens is 2. The van der Waals surface area contributed by atoms with E-state index in [9.17, 15) is 0 Å². The Morgan fingerprint density at radius 1 is 1.60 bits per heavy atom. The van der Waals surface area contributed by atoms with E-state index >= 15 is 0 Å². The predicted octanol–water partition coefficient (Wildman–Crippen LogP) is 2.13. The molecule has 2 rings (SSSR count). The predicted molar refractivity (Wildman–Crippen MR) is 58.6 cm³/mol. The zero-order valence-corrected chi connectivity index (χ0v) is 9.33. The fourth-order valence-corrected chi connectivity index (χ4v) is 2.19. The Balaban J connectivity index is 2.25. The largest absolute Gasteiger partial charge is 0.472 e. The molecule has 0 aliphatic carbocycles. The first-order valence-electron chi connectivity index (χ1n) is 4.91. The van der Waals surface area contributed by atoms with Crippen LogP contribution in [0.2, 0.25) is 0 Å². The average molecular weight is 223 g/mol. The van der Waals surface area contributed by atoms with Gasteiger partial charge >= 0.3 is 0 Å². The number of nitrogens with zero attached hydrogens (tertiary/aromatic N) is 2. The topological polar surface area (TPSA) is 64.9 Å². The van der Waals surface area contributed by atoms with Gasteiger partial charge in [0.15, 0.2) is 0 Å². The molecule has 2 N–H and O–H groups in total. The molecule has 1 atom stereocenters. The molecule has 0 aliphatic rings. The molecular formula is C10H13N3OS. The highest BCUT2D eigenvalue weighted by Crippen LogP contribution is 2.25. The van der Waals surface area contributed by atoms with Gasteiger partial charge in [-0.05, 0) is 24.0 Å². The Kier molecular flexibility index (Phi) is 3.13. The van der Waals surface area contributed by atoms with Crippen LogP contribution in [-0.2, 0) is 6.42 Å². The van der Waals surface area contributed by atoms with Gasteiger partial charge in [-0.1, -0.05) is 17.8 Å². The van der Waals surface area contributed by atoms with Crippen LogP contribution in [-0.4, -0.2) is 9.59 Å². The average Bonchev–Trinajstić information content (AvgIpc) is 2.87. The molecule has 0 spiro atoms.